The molecule has 7 nitrogen and oxygen atoms in total. The Morgan fingerprint density at radius 2 is 1.64 bits per heavy atom. The molecule has 33 heavy (non-hydrogen) atoms. The quantitative estimate of drug-likeness (QED) is 0.565. The zero-order valence-corrected chi connectivity index (χ0v) is 19.1. The van der Waals surface area contributed by atoms with Gasteiger partial charge in [-0.15, -0.1) is 0 Å². The first-order valence-corrected chi connectivity index (χ1v) is 11.3. The van der Waals surface area contributed by atoms with Crippen molar-refractivity contribution in [3.8, 4) is 11.1 Å². The van der Waals surface area contributed by atoms with Crippen molar-refractivity contribution in [2.45, 2.75) is 51.6 Å². The molecule has 1 fully saturated rings. The van der Waals surface area contributed by atoms with Crippen molar-refractivity contribution >= 4 is 18.0 Å². The zero-order chi connectivity index (χ0) is 23.8. The Hall–Kier alpha value is -3.35. The molecule has 3 unspecified atom stereocenters. The third-order valence-electron chi connectivity index (χ3n) is 7.25. The molecule has 1 saturated carbocycles. The van der Waals surface area contributed by atoms with Crippen LogP contribution in [0.4, 0.5) is 4.79 Å². The molecule has 0 heterocycles. The Morgan fingerprint density at radius 1 is 1.06 bits per heavy atom. The van der Waals surface area contributed by atoms with Crippen molar-refractivity contribution in [3.05, 3.63) is 59.7 Å². The van der Waals surface area contributed by atoms with Gasteiger partial charge in [0.05, 0.1) is 6.42 Å². The van der Waals surface area contributed by atoms with E-state index in [2.05, 4.69) is 31.4 Å². The number of amides is 2. The van der Waals surface area contributed by atoms with E-state index >= 15 is 0 Å². The summed E-state index contributed by atoms with van der Waals surface area (Å²) in [6.45, 7) is 6.37. The number of carboxylic acid groups (broad SMARTS) is 1. The zero-order valence-electron chi connectivity index (χ0n) is 19.1. The molecule has 2 aromatic rings. The van der Waals surface area contributed by atoms with Crippen molar-refractivity contribution in [1.82, 2.24) is 10.6 Å². The molecule has 2 aliphatic rings. The Morgan fingerprint density at radius 3 is 2.15 bits per heavy atom. The van der Waals surface area contributed by atoms with E-state index in [0.29, 0.717) is 5.92 Å². The molecule has 0 radical (unpaired) electrons. The van der Waals surface area contributed by atoms with E-state index in [4.69, 9.17) is 4.74 Å². The smallest absolute Gasteiger partial charge is 0.407 e. The van der Waals surface area contributed by atoms with Crippen LogP contribution in [-0.2, 0) is 14.3 Å². The van der Waals surface area contributed by atoms with E-state index in [-0.39, 0.29) is 24.0 Å². The van der Waals surface area contributed by atoms with Crippen LogP contribution in [0.3, 0.4) is 0 Å². The summed E-state index contributed by atoms with van der Waals surface area (Å²) in [4.78, 5) is 36.6. The number of ether oxygens (including phenoxy) is 1. The average Bonchev–Trinajstić information content (AvgIpc) is 3.33. The molecule has 3 N–H and O–H groups in total. The lowest BCUT2D eigenvalue weighted by Gasteiger charge is -2.20. The van der Waals surface area contributed by atoms with Gasteiger partial charge in [0.2, 0.25) is 5.91 Å². The molecule has 7 heteroatoms. The van der Waals surface area contributed by atoms with E-state index in [9.17, 15) is 19.5 Å². The normalized spacial score (nSPS) is 21.6. The average molecular weight is 451 g/mol. The summed E-state index contributed by atoms with van der Waals surface area (Å²) in [5.74, 6) is -1.40. The van der Waals surface area contributed by atoms with Gasteiger partial charge in [0.15, 0.2) is 0 Å². The maximum Gasteiger partial charge on any atom is 0.407 e. The summed E-state index contributed by atoms with van der Waals surface area (Å²) in [6.07, 6.45) is -0.483. The summed E-state index contributed by atoms with van der Waals surface area (Å²) in [5, 5.41) is 14.6. The summed E-state index contributed by atoms with van der Waals surface area (Å²) >= 11 is 0. The number of carboxylic acids is 1. The van der Waals surface area contributed by atoms with E-state index in [1.807, 2.05) is 48.5 Å². The minimum Gasteiger partial charge on any atom is -0.481 e. The highest BCUT2D eigenvalue weighted by molar-refractivity contribution is 5.89. The first kappa shape index (κ1) is 22.8. The Bertz CT molecular complexity index is 1040. The van der Waals surface area contributed by atoms with Crippen molar-refractivity contribution < 1.29 is 24.2 Å². The van der Waals surface area contributed by atoms with E-state index < -0.39 is 30.4 Å². The summed E-state index contributed by atoms with van der Waals surface area (Å²) in [5.41, 5.74) is 4.37. The number of alkyl carbamates (subject to hydrolysis) is 1. The number of carbonyl (C=O) groups excluding carboxylic acids is 2. The van der Waals surface area contributed by atoms with Crippen LogP contribution in [0.5, 0.6) is 0 Å². The summed E-state index contributed by atoms with van der Waals surface area (Å²) in [7, 11) is 0. The Kier molecular flexibility index (Phi) is 6.15. The number of nitrogens with one attached hydrogen (secondary N) is 2. The van der Waals surface area contributed by atoms with Crippen LogP contribution in [-0.4, -0.2) is 41.8 Å². The number of fused-ring (bicyclic) bond motifs is 3. The second kappa shape index (κ2) is 8.89. The molecule has 174 valence electrons. The van der Waals surface area contributed by atoms with Gasteiger partial charge in [-0.1, -0.05) is 69.3 Å². The van der Waals surface area contributed by atoms with Crippen LogP contribution in [0, 0.1) is 11.3 Å². The molecule has 2 aliphatic carbocycles. The number of aliphatic carboxylic acids is 1. The fourth-order valence-electron chi connectivity index (χ4n) is 4.67. The second-order valence-corrected chi connectivity index (χ2v) is 9.55. The fourth-order valence-corrected chi connectivity index (χ4v) is 4.67. The van der Waals surface area contributed by atoms with Crippen LogP contribution >= 0.6 is 0 Å². The number of benzene rings is 2. The number of hydrogen-bond acceptors (Lipinski definition) is 4. The number of rotatable bonds is 8. The molecular formula is C26H30N2O5. The molecule has 3 atom stereocenters. The van der Waals surface area contributed by atoms with Gasteiger partial charge in [0.25, 0.3) is 0 Å². The van der Waals surface area contributed by atoms with Crippen molar-refractivity contribution in [3.63, 3.8) is 0 Å². The van der Waals surface area contributed by atoms with E-state index in [0.717, 1.165) is 28.7 Å². The van der Waals surface area contributed by atoms with Crippen LogP contribution in [0.2, 0.25) is 0 Å². The van der Waals surface area contributed by atoms with Gasteiger partial charge >= 0.3 is 12.1 Å². The van der Waals surface area contributed by atoms with Gasteiger partial charge < -0.3 is 20.5 Å². The monoisotopic (exact) mass is 450 g/mol. The van der Waals surface area contributed by atoms with Gasteiger partial charge in [-0.05, 0) is 40.0 Å². The van der Waals surface area contributed by atoms with Crippen LogP contribution < -0.4 is 10.6 Å². The highest BCUT2D eigenvalue weighted by Crippen LogP contribution is 2.51. The predicted octanol–water partition coefficient (Wildman–Crippen LogP) is 3.92. The summed E-state index contributed by atoms with van der Waals surface area (Å²) < 4.78 is 5.48. The highest BCUT2D eigenvalue weighted by atomic mass is 16.5. The minimum absolute atomic E-state index is 0.00675. The maximum atomic E-state index is 12.7. The number of carbonyl (C=O) groups is 3. The lowest BCUT2D eigenvalue weighted by molar-refractivity contribution is -0.139. The van der Waals surface area contributed by atoms with Crippen molar-refractivity contribution in [2.75, 3.05) is 6.61 Å². The SMILES string of the molecule is CC(C)C1(C)CC1NC(=O)C(CC(=O)O)NC(=O)OCC1c2ccccc2-c2ccccc21. The van der Waals surface area contributed by atoms with Crippen LogP contribution in [0.25, 0.3) is 11.1 Å². The van der Waals surface area contributed by atoms with Gasteiger partial charge in [-0.3, -0.25) is 9.59 Å². The molecular weight excluding hydrogens is 420 g/mol. The van der Waals surface area contributed by atoms with E-state index in [1.165, 1.54) is 0 Å². The van der Waals surface area contributed by atoms with Crippen LogP contribution in [0.1, 0.15) is 50.7 Å². The van der Waals surface area contributed by atoms with Gasteiger partial charge in [-0.2, -0.15) is 0 Å². The topological polar surface area (TPSA) is 105 Å². The largest absolute Gasteiger partial charge is 0.481 e. The fraction of sp³-hybridized carbons (Fsp3) is 0.423. The Labute approximate surface area is 193 Å². The minimum atomic E-state index is -1.20. The van der Waals surface area contributed by atoms with Crippen LogP contribution in [0.15, 0.2) is 48.5 Å². The molecule has 0 spiro atoms. The first-order valence-electron chi connectivity index (χ1n) is 11.3. The summed E-state index contributed by atoms with van der Waals surface area (Å²) in [6, 6.07) is 14.8. The third kappa shape index (κ3) is 4.58. The second-order valence-electron chi connectivity index (χ2n) is 9.55. The van der Waals surface area contributed by atoms with E-state index in [1.54, 1.807) is 0 Å². The molecule has 0 aromatic heterocycles. The Balaban J connectivity index is 1.39. The van der Waals surface area contributed by atoms with Crippen molar-refractivity contribution in [2.24, 2.45) is 11.3 Å². The van der Waals surface area contributed by atoms with Gasteiger partial charge in [0, 0.05) is 12.0 Å². The molecule has 0 aliphatic heterocycles. The lowest BCUT2D eigenvalue weighted by atomic mass is 9.94. The maximum absolute atomic E-state index is 12.7. The highest BCUT2D eigenvalue weighted by Gasteiger charge is 2.53. The lowest BCUT2D eigenvalue weighted by Crippen LogP contribution is -2.49. The molecule has 0 bridgehead atoms. The van der Waals surface area contributed by atoms with Crippen molar-refractivity contribution in [1.29, 1.82) is 0 Å². The van der Waals surface area contributed by atoms with Gasteiger partial charge in [-0.25, -0.2) is 4.79 Å². The number of hydrogen-bond donors (Lipinski definition) is 3. The molecule has 4 rings (SSSR count). The predicted molar refractivity (Wildman–Crippen MR) is 124 cm³/mol. The first-order chi connectivity index (χ1) is 15.7. The van der Waals surface area contributed by atoms with Gasteiger partial charge in [0.1, 0.15) is 12.6 Å². The molecule has 2 aromatic carbocycles. The standard InChI is InChI=1S/C26H30N2O5/c1-15(2)26(3)13-22(26)28-24(31)21(12-23(29)30)27-25(32)33-14-20-18-10-6-4-8-16(18)17-9-5-7-11-19(17)20/h4-11,15,20-22H,12-14H2,1-3H3,(H,27,32)(H,28,31)(H,29,30). The molecule has 0 saturated heterocycles. The third-order valence-corrected chi connectivity index (χ3v) is 7.25. The molecule has 2 amide bonds.